The molecule has 0 N–H and O–H groups in total. The van der Waals surface area contributed by atoms with Gasteiger partial charge in [0.25, 0.3) is 0 Å². The summed E-state index contributed by atoms with van der Waals surface area (Å²) in [6.07, 6.45) is 0.895. The number of esters is 1. The smallest absolute Gasteiger partial charge is 0.305 e. The minimum Gasteiger partial charge on any atom is -0.748 e. The van der Waals surface area contributed by atoms with Crippen molar-refractivity contribution in [3.63, 3.8) is 0 Å². The van der Waals surface area contributed by atoms with Crippen LogP contribution >= 0.6 is 11.6 Å². The largest absolute Gasteiger partial charge is 0.748 e. The molecular weight excluding hydrogens is 416 g/mol. The molecule has 3 rings (SSSR count). The number of aryl methyl sites for hydroxylation is 1. The molecule has 1 heterocycles. The lowest BCUT2D eigenvalue weighted by atomic mass is 10.1. The summed E-state index contributed by atoms with van der Waals surface area (Å²) >= 11 is 3.34. The Kier molecular flexibility index (Phi) is 6.92. The lowest BCUT2D eigenvalue weighted by Gasteiger charge is -2.20. The number of hydroxylamine groups is 1. The number of anilines is 1. The van der Waals surface area contributed by atoms with Gasteiger partial charge in [0.05, 0.1) is 18.3 Å². The van der Waals surface area contributed by atoms with E-state index < -0.39 is 11.4 Å². The molecule has 9 heteroatoms. The van der Waals surface area contributed by atoms with Gasteiger partial charge in [0.1, 0.15) is 11.4 Å². The maximum absolute atomic E-state index is 11.5. The van der Waals surface area contributed by atoms with Gasteiger partial charge in [-0.1, -0.05) is 29.8 Å². The molecule has 0 saturated heterocycles. The monoisotopic (exact) mass is 435 g/mol. The molecule has 0 aliphatic heterocycles. The van der Waals surface area contributed by atoms with Crippen LogP contribution in [0.25, 0.3) is 22.2 Å². The number of methoxy groups -OCH3 is 1. The SMILES string of the molecule is COC(=O)CCCn1c(-c2ccc(Cl)cc2)cc2c(N(C)OS(=O)[O-])cccc21. The summed E-state index contributed by atoms with van der Waals surface area (Å²) in [5.41, 5.74) is 3.37. The minimum atomic E-state index is -2.68. The molecule has 7 nitrogen and oxygen atoms in total. The number of rotatable bonds is 8. The Morgan fingerprint density at radius 2 is 1.97 bits per heavy atom. The average Bonchev–Trinajstić information content (AvgIpc) is 3.06. The van der Waals surface area contributed by atoms with Gasteiger partial charge in [0, 0.05) is 36.1 Å². The molecule has 154 valence electrons. The highest BCUT2D eigenvalue weighted by atomic mass is 35.5. The second kappa shape index (κ2) is 9.41. The van der Waals surface area contributed by atoms with Gasteiger partial charge in [-0.15, -0.1) is 0 Å². The highest BCUT2D eigenvalue weighted by Crippen LogP contribution is 2.35. The van der Waals surface area contributed by atoms with Gasteiger partial charge in [-0.05, 0) is 42.3 Å². The van der Waals surface area contributed by atoms with Crippen LogP contribution in [0.1, 0.15) is 12.8 Å². The van der Waals surface area contributed by atoms with Gasteiger partial charge in [0.2, 0.25) is 0 Å². The van der Waals surface area contributed by atoms with Crippen LogP contribution < -0.4 is 5.06 Å². The molecule has 2 aromatic carbocycles. The van der Waals surface area contributed by atoms with Crippen molar-refractivity contribution in [1.29, 1.82) is 0 Å². The predicted octanol–water partition coefficient (Wildman–Crippen LogP) is 4.08. The topological polar surface area (TPSA) is 83.8 Å². The Balaban J connectivity index is 2.08. The van der Waals surface area contributed by atoms with Gasteiger partial charge in [-0.3, -0.25) is 4.79 Å². The van der Waals surface area contributed by atoms with Crippen molar-refractivity contribution < 1.29 is 22.6 Å². The van der Waals surface area contributed by atoms with E-state index in [2.05, 4.69) is 4.57 Å². The van der Waals surface area contributed by atoms with Gasteiger partial charge in [-0.25, -0.2) is 9.27 Å². The molecule has 0 saturated carbocycles. The Bertz CT molecular complexity index is 1040. The quantitative estimate of drug-likeness (QED) is 0.301. The normalized spacial score (nSPS) is 12.1. The second-order valence-electron chi connectivity index (χ2n) is 6.35. The van der Waals surface area contributed by atoms with E-state index in [9.17, 15) is 13.6 Å². The zero-order chi connectivity index (χ0) is 21.0. The maximum atomic E-state index is 11.5. The zero-order valence-electron chi connectivity index (χ0n) is 16.0. The van der Waals surface area contributed by atoms with Crippen LogP contribution in [-0.2, 0) is 31.7 Å². The van der Waals surface area contributed by atoms with Crippen LogP contribution in [0.4, 0.5) is 5.69 Å². The van der Waals surface area contributed by atoms with Gasteiger partial charge >= 0.3 is 5.97 Å². The third kappa shape index (κ3) is 4.97. The molecule has 0 spiro atoms. The summed E-state index contributed by atoms with van der Waals surface area (Å²) in [5, 5.41) is 2.66. The number of carbonyl (C=O) groups is 1. The predicted molar refractivity (Wildman–Crippen MR) is 112 cm³/mol. The fourth-order valence-electron chi connectivity index (χ4n) is 3.26. The van der Waals surface area contributed by atoms with Crippen LogP contribution in [0.3, 0.4) is 0 Å². The zero-order valence-corrected chi connectivity index (χ0v) is 17.5. The molecule has 0 aliphatic rings. The fraction of sp³-hybridized carbons (Fsp3) is 0.250. The van der Waals surface area contributed by atoms with Gasteiger partial charge in [0.15, 0.2) is 0 Å². The Morgan fingerprint density at radius 3 is 2.62 bits per heavy atom. The van der Waals surface area contributed by atoms with Crippen LogP contribution in [0.5, 0.6) is 0 Å². The van der Waals surface area contributed by atoms with E-state index in [1.54, 1.807) is 6.07 Å². The van der Waals surface area contributed by atoms with Crippen molar-refractivity contribution in [2.45, 2.75) is 19.4 Å². The molecular formula is C20H20ClN2O5S-. The summed E-state index contributed by atoms with van der Waals surface area (Å²) in [7, 11) is 2.90. The number of benzene rings is 2. The van der Waals surface area contributed by atoms with E-state index in [1.807, 2.05) is 42.5 Å². The minimum absolute atomic E-state index is 0.263. The van der Waals surface area contributed by atoms with Crippen LogP contribution in [0.2, 0.25) is 5.02 Å². The van der Waals surface area contributed by atoms with Crippen molar-refractivity contribution in [3.05, 3.63) is 53.6 Å². The van der Waals surface area contributed by atoms with Crippen molar-refractivity contribution in [3.8, 4) is 11.3 Å². The number of carbonyl (C=O) groups excluding carboxylic acids is 1. The molecule has 1 unspecified atom stereocenters. The van der Waals surface area contributed by atoms with Crippen LogP contribution in [0, 0.1) is 0 Å². The first-order valence-corrected chi connectivity index (χ1v) is 10.2. The molecule has 29 heavy (non-hydrogen) atoms. The van der Waals surface area contributed by atoms with E-state index >= 15 is 0 Å². The summed E-state index contributed by atoms with van der Waals surface area (Å²) < 4.78 is 33.5. The maximum Gasteiger partial charge on any atom is 0.305 e. The van der Waals surface area contributed by atoms with E-state index in [1.165, 1.54) is 19.2 Å². The first-order valence-electron chi connectivity index (χ1n) is 8.87. The summed E-state index contributed by atoms with van der Waals surface area (Å²) in [5.74, 6) is -0.263. The van der Waals surface area contributed by atoms with E-state index in [-0.39, 0.29) is 5.97 Å². The van der Waals surface area contributed by atoms with Crippen molar-refractivity contribution in [1.82, 2.24) is 4.57 Å². The van der Waals surface area contributed by atoms with Crippen molar-refractivity contribution in [2.24, 2.45) is 0 Å². The Morgan fingerprint density at radius 1 is 1.24 bits per heavy atom. The Labute approximate surface area is 176 Å². The number of ether oxygens (including phenoxy) is 1. The molecule has 0 fully saturated rings. The van der Waals surface area contributed by atoms with Gasteiger partial charge < -0.3 is 13.9 Å². The highest BCUT2D eigenvalue weighted by molar-refractivity contribution is 7.74. The van der Waals surface area contributed by atoms with Crippen LogP contribution in [-0.4, -0.2) is 33.5 Å². The lowest BCUT2D eigenvalue weighted by molar-refractivity contribution is -0.140. The molecule has 3 aromatic rings. The number of halogens is 1. The third-order valence-electron chi connectivity index (χ3n) is 4.56. The van der Waals surface area contributed by atoms with E-state index in [4.69, 9.17) is 20.6 Å². The fourth-order valence-corrected chi connectivity index (χ4v) is 3.65. The molecule has 0 bridgehead atoms. The summed E-state index contributed by atoms with van der Waals surface area (Å²) in [6, 6.07) is 15.0. The number of hydrogen-bond donors (Lipinski definition) is 0. The van der Waals surface area contributed by atoms with Crippen molar-refractivity contribution >= 4 is 45.5 Å². The molecule has 1 atom stereocenters. The molecule has 0 aliphatic carbocycles. The van der Waals surface area contributed by atoms with Gasteiger partial charge in [-0.2, -0.15) is 4.28 Å². The molecule has 1 aromatic heterocycles. The van der Waals surface area contributed by atoms with Crippen molar-refractivity contribution in [2.75, 3.05) is 19.2 Å². The first-order chi connectivity index (χ1) is 13.9. The summed E-state index contributed by atoms with van der Waals surface area (Å²) in [6.45, 7) is 0.581. The Hall–Kier alpha value is -2.39. The lowest BCUT2D eigenvalue weighted by Crippen LogP contribution is -2.19. The first kappa shape index (κ1) is 21.3. The van der Waals surface area contributed by atoms with E-state index in [0.29, 0.717) is 30.1 Å². The number of hydrogen-bond acceptors (Lipinski definition) is 6. The number of fused-ring (bicyclic) bond motifs is 1. The second-order valence-corrected chi connectivity index (χ2v) is 7.35. The van der Waals surface area contributed by atoms with Crippen LogP contribution in [0.15, 0.2) is 48.5 Å². The standard InChI is InChI=1S/C20H21ClN2O5S/c1-22(28-29(25)26)17-5-3-6-18-16(17)13-19(14-8-10-15(21)11-9-14)23(18)12-4-7-20(24)27-2/h3,5-6,8-11,13H,4,7,12H2,1-2H3,(H,25,26)/p-1. The highest BCUT2D eigenvalue weighted by Gasteiger charge is 2.16. The third-order valence-corrected chi connectivity index (χ3v) is 5.16. The summed E-state index contributed by atoms with van der Waals surface area (Å²) in [4.78, 5) is 11.5. The molecule has 0 amide bonds. The van der Waals surface area contributed by atoms with E-state index in [0.717, 1.165) is 22.2 Å². The number of nitrogens with zero attached hydrogens (tertiary/aromatic N) is 2. The molecule has 0 radical (unpaired) electrons. The number of aromatic nitrogens is 1. The average molecular weight is 436 g/mol.